The number of piperidine rings is 1. The number of hydrogen-bond acceptors (Lipinski definition) is 4. The molecule has 4 rings (SSSR count). The maximum atomic E-state index is 12.8. The Bertz CT molecular complexity index is 936. The number of carbonyl (C=O) groups is 1. The maximum absolute atomic E-state index is 12.8. The molecule has 2 aliphatic rings. The molecule has 6 heteroatoms. The second-order valence-electron chi connectivity index (χ2n) is 8.21. The van der Waals surface area contributed by atoms with Crippen molar-refractivity contribution in [3.05, 3.63) is 62.8 Å². The average molecular weight is 380 g/mol. The van der Waals surface area contributed by atoms with Crippen molar-refractivity contribution >= 4 is 5.91 Å². The minimum absolute atomic E-state index is 0.0187. The molecule has 0 bridgehead atoms. The molecular formula is C22H28N4O2. The van der Waals surface area contributed by atoms with Gasteiger partial charge < -0.3 is 14.8 Å². The van der Waals surface area contributed by atoms with Crippen molar-refractivity contribution in [3.63, 3.8) is 0 Å². The maximum Gasteiger partial charge on any atom is 0.255 e. The monoisotopic (exact) mass is 380 g/mol. The molecule has 1 aromatic carbocycles. The van der Waals surface area contributed by atoms with Crippen molar-refractivity contribution in [2.45, 2.75) is 45.1 Å². The summed E-state index contributed by atoms with van der Waals surface area (Å²) in [5.41, 5.74) is 3.93. The summed E-state index contributed by atoms with van der Waals surface area (Å²) in [5.74, 6) is 1.01. The molecule has 2 aromatic rings. The van der Waals surface area contributed by atoms with E-state index >= 15 is 0 Å². The fourth-order valence-electron chi connectivity index (χ4n) is 4.31. The number of nitrogens with zero attached hydrogens (tertiary/aromatic N) is 3. The Morgan fingerprint density at radius 3 is 3.00 bits per heavy atom. The molecule has 0 radical (unpaired) electrons. The van der Waals surface area contributed by atoms with Crippen molar-refractivity contribution < 1.29 is 4.79 Å². The highest BCUT2D eigenvalue weighted by Gasteiger charge is 2.28. The van der Waals surface area contributed by atoms with Crippen LogP contribution in [0.15, 0.2) is 29.1 Å². The van der Waals surface area contributed by atoms with Gasteiger partial charge in [0, 0.05) is 38.5 Å². The number of carbonyl (C=O) groups excluding carboxylic acids is 1. The molecule has 1 N–H and O–H groups in total. The molecule has 1 aromatic heterocycles. The van der Waals surface area contributed by atoms with Crippen LogP contribution in [0.2, 0.25) is 0 Å². The van der Waals surface area contributed by atoms with E-state index in [4.69, 9.17) is 4.98 Å². The highest BCUT2D eigenvalue weighted by Crippen LogP contribution is 2.25. The quantitative estimate of drug-likeness (QED) is 0.884. The van der Waals surface area contributed by atoms with Gasteiger partial charge in [-0.2, -0.15) is 0 Å². The van der Waals surface area contributed by atoms with Crippen molar-refractivity contribution in [2.75, 3.05) is 26.7 Å². The van der Waals surface area contributed by atoms with Gasteiger partial charge in [0.05, 0.1) is 17.7 Å². The van der Waals surface area contributed by atoms with E-state index in [0.29, 0.717) is 19.5 Å². The van der Waals surface area contributed by atoms with E-state index in [0.717, 1.165) is 55.0 Å². The Morgan fingerprint density at radius 1 is 1.32 bits per heavy atom. The van der Waals surface area contributed by atoms with Gasteiger partial charge in [0.2, 0.25) is 5.91 Å². The number of amides is 1. The van der Waals surface area contributed by atoms with Gasteiger partial charge in [-0.05, 0) is 32.4 Å². The highest BCUT2D eigenvalue weighted by molar-refractivity contribution is 5.79. The predicted octanol–water partition coefficient (Wildman–Crippen LogP) is 2.01. The smallest absolute Gasteiger partial charge is 0.255 e. The molecular weight excluding hydrogens is 352 g/mol. The molecule has 0 spiro atoms. The number of H-pyrrole nitrogens is 1. The zero-order valence-electron chi connectivity index (χ0n) is 16.7. The lowest BCUT2D eigenvalue weighted by Gasteiger charge is -2.33. The minimum atomic E-state index is -0.0187. The van der Waals surface area contributed by atoms with E-state index in [1.807, 2.05) is 37.1 Å². The molecule has 28 heavy (non-hydrogen) atoms. The first-order valence-corrected chi connectivity index (χ1v) is 10.1. The first-order chi connectivity index (χ1) is 13.5. The number of fused-ring (bicyclic) bond motifs is 1. The molecule has 6 nitrogen and oxygen atoms in total. The van der Waals surface area contributed by atoms with Crippen LogP contribution in [0, 0.1) is 6.92 Å². The fourth-order valence-corrected chi connectivity index (χ4v) is 4.31. The molecule has 0 aliphatic carbocycles. The van der Waals surface area contributed by atoms with Crippen LogP contribution in [0.1, 0.15) is 47.0 Å². The Kier molecular flexibility index (Phi) is 5.31. The molecule has 3 heterocycles. The number of likely N-dealkylation sites (N-methyl/N-ethyl adjacent to an activating group) is 1. The zero-order chi connectivity index (χ0) is 19.7. The summed E-state index contributed by atoms with van der Waals surface area (Å²) in [6, 6.07) is 8.11. The van der Waals surface area contributed by atoms with Crippen LogP contribution < -0.4 is 5.56 Å². The molecule has 1 fully saturated rings. The Hall–Kier alpha value is -2.47. The number of benzene rings is 1. The summed E-state index contributed by atoms with van der Waals surface area (Å²) in [6.07, 6.45) is 3.13. The summed E-state index contributed by atoms with van der Waals surface area (Å²) in [6.45, 7) is 5.03. The highest BCUT2D eigenvalue weighted by atomic mass is 16.2. The van der Waals surface area contributed by atoms with Gasteiger partial charge in [0.25, 0.3) is 5.56 Å². The van der Waals surface area contributed by atoms with E-state index in [2.05, 4.69) is 16.0 Å². The number of aromatic nitrogens is 2. The van der Waals surface area contributed by atoms with Crippen LogP contribution in [-0.2, 0) is 24.2 Å². The SMILES string of the molecule is Cc1cccc(CC(=O)N2CCCC(c3nc4c(c(=O)[nH]3)CN(C)CC4)C2)c1. The van der Waals surface area contributed by atoms with E-state index in [1.165, 1.54) is 5.56 Å². The van der Waals surface area contributed by atoms with Gasteiger partial charge in [-0.1, -0.05) is 29.8 Å². The van der Waals surface area contributed by atoms with Crippen LogP contribution in [0.3, 0.4) is 0 Å². The molecule has 0 saturated carbocycles. The van der Waals surface area contributed by atoms with E-state index < -0.39 is 0 Å². The largest absolute Gasteiger partial charge is 0.342 e. The lowest BCUT2D eigenvalue weighted by molar-refractivity contribution is -0.131. The van der Waals surface area contributed by atoms with E-state index in [-0.39, 0.29) is 17.4 Å². The minimum Gasteiger partial charge on any atom is -0.342 e. The van der Waals surface area contributed by atoms with Crippen LogP contribution in [0.4, 0.5) is 0 Å². The molecule has 1 unspecified atom stereocenters. The molecule has 1 saturated heterocycles. The van der Waals surface area contributed by atoms with Crippen LogP contribution >= 0.6 is 0 Å². The van der Waals surface area contributed by atoms with Gasteiger partial charge in [0.1, 0.15) is 5.82 Å². The normalized spacial score (nSPS) is 20.1. The summed E-state index contributed by atoms with van der Waals surface area (Å²) in [5, 5.41) is 0. The third-order valence-corrected chi connectivity index (χ3v) is 5.88. The van der Waals surface area contributed by atoms with Crippen molar-refractivity contribution in [1.29, 1.82) is 0 Å². The van der Waals surface area contributed by atoms with Gasteiger partial charge in [0.15, 0.2) is 0 Å². The fraction of sp³-hybridized carbons (Fsp3) is 0.500. The third kappa shape index (κ3) is 4.02. The average Bonchev–Trinajstić information content (AvgIpc) is 2.68. The molecule has 2 aliphatic heterocycles. The number of aryl methyl sites for hydroxylation is 1. The van der Waals surface area contributed by atoms with Gasteiger partial charge in [-0.25, -0.2) is 4.98 Å². The number of aromatic amines is 1. The second kappa shape index (κ2) is 7.87. The Labute approximate surface area is 165 Å². The van der Waals surface area contributed by atoms with Gasteiger partial charge in [-0.3, -0.25) is 9.59 Å². The number of hydrogen-bond donors (Lipinski definition) is 1. The number of nitrogens with one attached hydrogen (secondary N) is 1. The first-order valence-electron chi connectivity index (χ1n) is 10.1. The lowest BCUT2D eigenvalue weighted by atomic mass is 9.95. The van der Waals surface area contributed by atoms with Crippen molar-refractivity contribution in [1.82, 2.24) is 19.8 Å². The standard InChI is InChI=1S/C22H28N4O2/c1-15-5-3-6-16(11-15)12-20(27)26-9-4-7-17(13-26)21-23-19-8-10-25(2)14-18(19)22(28)24-21/h3,5-6,11,17H,4,7-10,12-14H2,1-2H3,(H,23,24,28). The van der Waals surface area contributed by atoms with E-state index in [1.54, 1.807) is 0 Å². The Balaban J connectivity index is 1.49. The topological polar surface area (TPSA) is 69.3 Å². The van der Waals surface area contributed by atoms with Crippen LogP contribution in [0.5, 0.6) is 0 Å². The summed E-state index contributed by atoms with van der Waals surface area (Å²) < 4.78 is 0. The van der Waals surface area contributed by atoms with E-state index in [9.17, 15) is 9.59 Å². The number of rotatable bonds is 3. The van der Waals surface area contributed by atoms with Crippen LogP contribution in [0.25, 0.3) is 0 Å². The first kappa shape index (κ1) is 18.9. The van der Waals surface area contributed by atoms with Gasteiger partial charge in [-0.15, -0.1) is 0 Å². The lowest BCUT2D eigenvalue weighted by Crippen LogP contribution is -2.41. The van der Waals surface area contributed by atoms with Crippen molar-refractivity contribution in [2.24, 2.45) is 0 Å². The summed E-state index contributed by atoms with van der Waals surface area (Å²) in [4.78, 5) is 37.3. The third-order valence-electron chi connectivity index (χ3n) is 5.88. The van der Waals surface area contributed by atoms with Crippen LogP contribution in [-0.4, -0.2) is 52.4 Å². The molecule has 148 valence electrons. The Morgan fingerprint density at radius 2 is 2.18 bits per heavy atom. The summed E-state index contributed by atoms with van der Waals surface area (Å²) >= 11 is 0. The molecule has 1 amide bonds. The van der Waals surface area contributed by atoms with Crippen molar-refractivity contribution in [3.8, 4) is 0 Å². The van der Waals surface area contributed by atoms with Gasteiger partial charge >= 0.3 is 0 Å². The second-order valence-corrected chi connectivity index (χ2v) is 8.21. The zero-order valence-corrected chi connectivity index (χ0v) is 16.7. The number of likely N-dealkylation sites (tertiary alicyclic amines) is 1. The summed E-state index contributed by atoms with van der Waals surface area (Å²) in [7, 11) is 2.02. The predicted molar refractivity (Wildman–Crippen MR) is 108 cm³/mol. The molecule has 1 atom stereocenters.